The molecule has 0 spiro atoms. The maximum absolute atomic E-state index is 13.9. The highest BCUT2D eigenvalue weighted by Gasteiger charge is 2.40. The molecule has 0 radical (unpaired) electrons. The van der Waals surface area contributed by atoms with Crippen LogP contribution in [0.1, 0.15) is 57.0 Å². The zero-order valence-corrected chi connectivity index (χ0v) is 18.5. The molecule has 32 heavy (non-hydrogen) atoms. The average molecular weight is 431 g/mol. The number of benzene rings is 3. The number of ether oxygens (including phenoxy) is 3. The zero-order chi connectivity index (χ0) is 22.7. The molecule has 1 aliphatic rings. The summed E-state index contributed by atoms with van der Waals surface area (Å²) in [4.78, 5) is 27.0. The third-order valence-electron chi connectivity index (χ3n) is 5.96. The third kappa shape index (κ3) is 3.98. The fourth-order valence-electron chi connectivity index (χ4n) is 4.43. The minimum Gasteiger partial charge on any atom is -0.494 e. The molecule has 3 aromatic carbocycles. The predicted octanol–water partition coefficient (Wildman–Crippen LogP) is 5.44. The van der Waals surface area contributed by atoms with Gasteiger partial charge >= 0.3 is 0 Å². The summed E-state index contributed by atoms with van der Waals surface area (Å²) in [6.07, 6.45) is 0.250. The van der Waals surface area contributed by atoms with Crippen molar-refractivity contribution in [3.05, 3.63) is 89.0 Å². The van der Waals surface area contributed by atoms with Crippen molar-refractivity contribution in [2.45, 2.75) is 25.2 Å². The molecule has 2 atom stereocenters. The van der Waals surface area contributed by atoms with E-state index >= 15 is 0 Å². The number of Topliss-reactive ketones (excluding diaryl/α,β-unsaturated/α-hetero) is 2. The molecule has 164 valence electrons. The lowest BCUT2D eigenvalue weighted by atomic mass is 9.68. The molecule has 0 unspecified atom stereocenters. The maximum Gasteiger partial charge on any atom is 0.170 e. The van der Waals surface area contributed by atoms with Gasteiger partial charge < -0.3 is 14.2 Å². The van der Waals surface area contributed by atoms with Crippen LogP contribution in [0.15, 0.2) is 66.7 Å². The number of hydrogen-bond acceptors (Lipinski definition) is 5. The van der Waals surface area contributed by atoms with Crippen LogP contribution >= 0.6 is 0 Å². The molecular formula is C27H26O5. The maximum atomic E-state index is 13.9. The molecule has 0 bridgehead atoms. The highest BCUT2D eigenvalue weighted by atomic mass is 16.5. The van der Waals surface area contributed by atoms with Gasteiger partial charge in [-0.2, -0.15) is 0 Å². The molecular weight excluding hydrogens is 404 g/mol. The van der Waals surface area contributed by atoms with E-state index in [1.807, 2.05) is 37.3 Å². The predicted molar refractivity (Wildman–Crippen MR) is 122 cm³/mol. The second kappa shape index (κ2) is 9.27. The standard InChI is InChI=1S/C27H26O5/c1-4-32-19-12-10-18(11-13-19)27(29)26-20(17-8-6-5-7-9-17)14-23(28)21-15-24(30-2)25(31-3)16-22(21)26/h5-13,15-16,20,26H,4,14H2,1-3H3/t20-,26+/m0/s1. The van der Waals surface area contributed by atoms with Crippen molar-refractivity contribution in [1.29, 1.82) is 0 Å². The minimum absolute atomic E-state index is 0.00875. The van der Waals surface area contributed by atoms with Gasteiger partial charge in [-0.05, 0) is 54.4 Å². The zero-order valence-electron chi connectivity index (χ0n) is 18.5. The molecule has 0 fully saturated rings. The average Bonchev–Trinajstić information content (AvgIpc) is 2.84. The van der Waals surface area contributed by atoms with E-state index in [9.17, 15) is 9.59 Å². The molecule has 5 heteroatoms. The normalized spacial score (nSPS) is 17.4. The lowest BCUT2D eigenvalue weighted by Gasteiger charge is -2.33. The first-order valence-corrected chi connectivity index (χ1v) is 10.7. The van der Waals surface area contributed by atoms with E-state index in [1.54, 1.807) is 43.5 Å². The molecule has 3 aromatic rings. The van der Waals surface area contributed by atoms with Crippen LogP contribution in [0, 0.1) is 0 Å². The number of hydrogen-bond donors (Lipinski definition) is 0. The Balaban J connectivity index is 1.85. The Kier molecular flexibility index (Phi) is 6.26. The molecule has 0 saturated carbocycles. The fourth-order valence-corrected chi connectivity index (χ4v) is 4.43. The second-order valence-corrected chi connectivity index (χ2v) is 7.74. The Hall–Kier alpha value is -3.60. The molecule has 0 aliphatic heterocycles. The van der Waals surface area contributed by atoms with Crippen molar-refractivity contribution in [3.63, 3.8) is 0 Å². The van der Waals surface area contributed by atoms with Gasteiger partial charge in [-0.3, -0.25) is 9.59 Å². The summed E-state index contributed by atoms with van der Waals surface area (Å²) in [7, 11) is 3.08. The number of carbonyl (C=O) groups excluding carboxylic acids is 2. The summed E-state index contributed by atoms with van der Waals surface area (Å²) in [5.74, 6) is 0.848. The van der Waals surface area contributed by atoms with Crippen molar-refractivity contribution < 1.29 is 23.8 Å². The molecule has 0 amide bonds. The van der Waals surface area contributed by atoms with Crippen LogP contribution in [0.5, 0.6) is 17.2 Å². The Labute approximate surface area is 187 Å². The van der Waals surface area contributed by atoms with Crippen LogP contribution in [0.25, 0.3) is 0 Å². The van der Waals surface area contributed by atoms with Crippen LogP contribution in [-0.2, 0) is 0 Å². The van der Waals surface area contributed by atoms with Crippen molar-refractivity contribution in [1.82, 2.24) is 0 Å². The van der Waals surface area contributed by atoms with Gasteiger partial charge in [-0.1, -0.05) is 30.3 Å². The number of fused-ring (bicyclic) bond motifs is 1. The Morgan fingerprint density at radius 2 is 1.59 bits per heavy atom. The van der Waals surface area contributed by atoms with Crippen LogP contribution in [0.2, 0.25) is 0 Å². The first kappa shape index (κ1) is 21.6. The molecule has 0 heterocycles. The lowest BCUT2D eigenvalue weighted by molar-refractivity contribution is 0.0900. The lowest BCUT2D eigenvalue weighted by Crippen LogP contribution is -2.29. The first-order valence-electron chi connectivity index (χ1n) is 10.7. The van der Waals surface area contributed by atoms with E-state index in [0.717, 1.165) is 5.56 Å². The summed E-state index contributed by atoms with van der Waals surface area (Å²) >= 11 is 0. The Morgan fingerprint density at radius 1 is 0.938 bits per heavy atom. The molecule has 0 aromatic heterocycles. The van der Waals surface area contributed by atoms with E-state index in [0.29, 0.717) is 40.5 Å². The molecule has 0 N–H and O–H groups in total. The monoisotopic (exact) mass is 430 g/mol. The van der Waals surface area contributed by atoms with E-state index < -0.39 is 5.92 Å². The topological polar surface area (TPSA) is 61.8 Å². The highest BCUT2D eigenvalue weighted by molar-refractivity contribution is 6.08. The SMILES string of the molecule is CCOc1ccc(C(=O)[C@H]2c3cc(OC)c(OC)cc3C(=O)C[C@H]2c2ccccc2)cc1. The van der Waals surface area contributed by atoms with E-state index in [4.69, 9.17) is 14.2 Å². The molecule has 5 nitrogen and oxygen atoms in total. The quantitative estimate of drug-likeness (QED) is 0.467. The summed E-state index contributed by atoms with van der Waals surface area (Å²) < 4.78 is 16.4. The summed E-state index contributed by atoms with van der Waals surface area (Å²) in [6.45, 7) is 2.48. The van der Waals surface area contributed by atoms with Gasteiger partial charge in [-0.15, -0.1) is 0 Å². The van der Waals surface area contributed by atoms with Gasteiger partial charge in [0, 0.05) is 23.5 Å². The van der Waals surface area contributed by atoms with E-state index in [1.165, 1.54) is 7.11 Å². The largest absolute Gasteiger partial charge is 0.494 e. The fraction of sp³-hybridized carbons (Fsp3) is 0.259. The second-order valence-electron chi connectivity index (χ2n) is 7.74. The summed E-state index contributed by atoms with van der Waals surface area (Å²) in [5.41, 5.74) is 2.73. The molecule has 4 rings (SSSR count). The highest BCUT2D eigenvalue weighted by Crippen LogP contribution is 2.47. The number of rotatable bonds is 7. The Bertz CT molecular complexity index is 1120. The number of ketones is 2. The van der Waals surface area contributed by atoms with Crippen molar-refractivity contribution in [3.8, 4) is 17.2 Å². The van der Waals surface area contributed by atoms with Crippen molar-refractivity contribution in [2.24, 2.45) is 0 Å². The van der Waals surface area contributed by atoms with Gasteiger partial charge in [0.25, 0.3) is 0 Å². The summed E-state index contributed by atoms with van der Waals surface area (Å²) in [5, 5.41) is 0. The summed E-state index contributed by atoms with van der Waals surface area (Å²) in [6, 6.07) is 20.4. The van der Waals surface area contributed by atoms with E-state index in [-0.39, 0.29) is 23.9 Å². The van der Waals surface area contributed by atoms with Gasteiger partial charge in [0.2, 0.25) is 0 Å². The van der Waals surface area contributed by atoms with E-state index in [2.05, 4.69) is 0 Å². The molecule has 0 saturated heterocycles. The van der Waals surface area contributed by atoms with Gasteiger partial charge in [0.15, 0.2) is 23.1 Å². The van der Waals surface area contributed by atoms with Gasteiger partial charge in [0.1, 0.15) is 5.75 Å². The van der Waals surface area contributed by atoms with Crippen LogP contribution in [0.3, 0.4) is 0 Å². The van der Waals surface area contributed by atoms with Crippen LogP contribution in [0.4, 0.5) is 0 Å². The van der Waals surface area contributed by atoms with Crippen molar-refractivity contribution in [2.75, 3.05) is 20.8 Å². The number of carbonyl (C=O) groups is 2. The number of methoxy groups -OCH3 is 2. The smallest absolute Gasteiger partial charge is 0.170 e. The van der Waals surface area contributed by atoms with Crippen molar-refractivity contribution >= 4 is 11.6 Å². The Morgan fingerprint density at radius 3 is 2.22 bits per heavy atom. The minimum atomic E-state index is -0.525. The van der Waals surface area contributed by atoms with Crippen LogP contribution < -0.4 is 14.2 Å². The molecule has 1 aliphatic carbocycles. The third-order valence-corrected chi connectivity index (χ3v) is 5.96. The van der Waals surface area contributed by atoms with Gasteiger partial charge in [0.05, 0.1) is 26.7 Å². The van der Waals surface area contributed by atoms with Gasteiger partial charge in [-0.25, -0.2) is 0 Å². The van der Waals surface area contributed by atoms with Crippen LogP contribution in [-0.4, -0.2) is 32.4 Å². The first-order chi connectivity index (χ1) is 15.6.